The number of nitrogens with zero attached hydrogens (tertiary/aromatic N) is 2. The van der Waals surface area contributed by atoms with Gasteiger partial charge < -0.3 is 10.0 Å². The Morgan fingerprint density at radius 2 is 2.24 bits per heavy atom. The summed E-state index contributed by atoms with van der Waals surface area (Å²) in [6.45, 7) is 3.54. The predicted octanol–water partition coefficient (Wildman–Crippen LogP) is 3.22. The maximum atomic E-state index is 12.4. The Morgan fingerprint density at radius 1 is 1.52 bits per heavy atom. The zero-order valence-corrected chi connectivity index (χ0v) is 13.7. The van der Waals surface area contributed by atoms with Crippen molar-refractivity contribution in [1.82, 2.24) is 9.88 Å². The molecule has 2 rings (SSSR count). The zero-order valence-electron chi connectivity index (χ0n) is 12.1. The van der Waals surface area contributed by atoms with Crippen molar-refractivity contribution in [2.24, 2.45) is 0 Å². The maximum absolute atomic E-state index is 12.4. The van der Waals surface area contributed by atoms with Crippen LogP contribution in [-0.4, -0.2) is 40.6 Å². The number of aromatic nitrogens is 1. The molecule has 0 saturated carbocycles. The molecule has 1 N–H and O–H groups in total. The number of benzene rings is 1. The second-order valence-electron chi connectivity index (χ2n) is 4.89. The smallest absolute Gasteiger partial charge is 0.265 e. The lowest BCUT2D eigenvalue weighted by Gasteiger charge is -2.22. The van der Waals surface area contributed by atoms with Gasteiger partial charge >= 0.3 is 0 Å². The molecule has 0 bridgehead atoms. The van der Waals surface area contributed by atoms with Crippen LogP contribution in [0.15, 0.2) is 24.3 Å². The van der Waals surface area contributed by atoms with Crippen LogP contribution in [0.3, 0.4) is 0 Å². The van der Waals surface area contributed by atoms with Gasteiger partial charge in [0.1, 0.15) is 9.88 Å². The monoisotopic (exact) mass is 324 g/mol. The van der Waals surface area contributed by atoms with Gasteiger partial charge in [0.05, 0.1) is 18.3 Å². The summed E-state index contributed by atoms with van der Waals surface area (Å²) in [5, 5.41) is 10.6. The number of rotatable bonds is 4. The molecule has 0 aliphatic carbocycles. The number of hydrogen-bond donors (Lipinski definition) is 1. The van der Waals surface area contributed by atoms with Crippen molar-refractivity contribution in [1.29, 1.82) is 0 Å². The van der Waals surface area contributed by atoms with Gasteiger partial charge in [-0.3, -0.25) is 4.79 Å². The van der Waals surface area contributed by atoms with E-state index in [9.17, 15) is 4.79 Å². The number of aliphatic hydroxyl groups excluding tert-OH is 1. The first-order valence-corrected chi connectivity index (χ1v) is 7.75. The van der Waals surface area contributed by atoms with Gasteiger partial charge in [0.15, 0.2) is 0 Å². The summed E-state index contributed by atoms with van der Waals surface area (Å²) in [5.74, 6) is -0.125. The van der Waals surface area contributed by atoms with Crippen LogP contribution in [0.1, 0.15) is 22.3 Å². The van der Waals surface area contributed by atoms with E-state index in [1.54, 1.807) is 20.0 Å². The third kappa shape index (κ3) is 3.43. The lowest BCUT2D eigenvalue weighted by Crippen LogP contribution is -2.37. The van der Waals surface area contributed by atoms with E-state index in [1.807, 2.05) is 25.1 Å². The fourth-order valence-corrected chi connectivity index (χ4v) is 3.06. The summed E-state index contributed by atoms with van der Waals surface area (Å²) in [5.41, 5.74) is 1.59. The number of halogens is 1. The molecule has 4 nitrogen and oxygen atoms in total. The lowest BCUT2D eigenvalue weighted by molar-refractivity contribution is 0.0686. The minimum absolute atomic E-state index is 0.0682. The van der Waals surface area contributed by atoms with E-state index in [0.717, 1.165) is 10.6 Å². The van der Waals surface area contributed by atoms with Crippen molar-refractivity contribution in [3.63, 3.8) is 0 Å². The normalized spacial score (nSPS) is 12.2. The molecular weight excluding hydrogens is 308 g/mol. The molecule has 1 aromatic carbocycles. The van der Waals surface area contributed by atoms with Crippen molar-refractivity contribution in [3.8, 4) is 10.6 Å². The first-order chi connectivity index (χ1) is 9.93. The van der Waals surface area contributed by atoms with Crippen LogP contribution in [0.2, 0.25) is 5.02 Å². The molecule has 1 atom stereocenters. The largest absolute Gasteiger partial charge is 0.394 e. The Bertz CT molecular complexity index is 657. The van der Waals surface area contributed by atoms with Crippen LogP contribution in [0.5, 0.6) is 0 Å². The molecule has 1 unspecified atom stereocenters. The summed E-state index contributed by atoms with van der Waals surface area (Å²) >= 11 is 7.33. The lowest BCUT2D eigenvalue weighted by atomic mass is 10.2. The number of carbonyl (C=O) groups is 1. The van der Waals surface area contributed by atoms with E-state index >= 15 is 0 Å². The van der Waals surface area contributed by atoms with E-state index in [0.29, 0.717) is 15.6 Å². The van der Waals surface area contributed by atoms with E-state index < -0.39 is 0 Å². The van der Waals surface area contributed by atoms with Crippen molar-refractivity contribution >= 4 is 28.8 Å². The molecule has 0 aliphatic heterocycles. The minimum Gasteiger partial charge on any atom is -0.394 e. The van der Waals surface area contributed by atoms with Crippen LogP contribution in [0, 0.1) is 6.92 Å². The highest BCUT2D eigenvalue weighted by Crippen LogP contribution is 2.30. The molecule has 1 aromatic heterocycles. The van der Waals surface area contributed by atoms with Gasteiger partial charge in [-0.05, 0) is 26.0 Å². The summed E-state index contributed by atoms with van der Waals surface area (Å²) < 4.78 is 0. The molecule has 1 amide bonds. The van der Waals surface area contributed by atoms with Crippen LogP contribution >= 0.6 is 22.9 Å². The molecule has 21 heavy (non-hydrogen) atoms. The number of amides is 1. The fraction of sp³-hybridized carbons (Fsp3) is 0.333. The summed E-state index contributed by atoms with van der Waals surface area (Å²) in [6, 6.07) is 7.17. The van der Waals surface area contributed by atoms with Crippen molar-refractivity contribution < 1.29 is 9.90 Å². The second-order valence-corrected chi connectivity index (χ2v) is 6.33. The quantitative estimate of drug-likeness (QED) is 0.939. The summed E-state index contributed by atoms with van der Waals surface area (Å²) in [7, 11) is 1.68. The maximum Gasteiger partial charge on any atom is 0.265 e. The summed E-state index contributed by atoms with van der Waals surface area (Å²) in [4.78, 5) is 19.0. The average molecular weight is 325 g/mol. The zero-order chi connectivity index (χ0) is 15.6. The number of aryl methyl sites for hydroxylation is 1. The van der Waals surface area contributed by atoms with Gasteiger partial charge in [0, 0.05) is 17.6 Å². The van der Waals surface area contributed by atoms with E-state index in [4.69, 9.17) is 16.7 Å². The van der Waals surface area contributed by atoms with Crippen LogP contribution < -0.4 is 0 Å². The van der Waals surface area contributed by atoms with Crippen molar-refractivity contribution in [3.05, 3.63) is 39.9 Å². The van der Waals surface area contributed by atoms with Gasteiger partial charge in [-0.25, -0.2) is 4.98 Å². The number of aliphatic hydroxyl groups is 1. The fourth-order valence-electron chi connectivity index (χ4n) is 1.82. The van der Waals surface area contributed by atoms with Crippen molar-refractivity contribution in [2.45, 2.75) is 19.9 Å². The SMILES string of the molecule is Cc1nc(-c2cccc(Cl)c2)sc1C(=O)N(C)C(C)CO. The Kier molecular flexibility index (Phi) is 4.98. The standard InChI is InChI=1S/C15H17ClN2O2S/c1-9(8-19)18(3)15(20)13-10(2)17-14(21-13)11-5-4-6-12(16)7-11/h4-7,9,19H,8H2,1-3H3. The van der Waals surface area contributed by atoms with Crippen LogP contribution in [-0.2, 0) is 0 Å². The Labute approximate surface area is 133 Å². The van der Waals surface area contributed by atoms with E-state index in [1.165, 1.54) is 16.2 Å². The third-order valence-electron chi connectivity index (χ3n) is 3.31. The molecular formula is C15H17ClN2O2S. The highest BCUT2D eigenvalue weighted by Gasteiger charge is 2.22. The molecule has 2 aromatic rings. The Balaban J connectivity index is 2.33. The number of thiazole rings is 1. The molecule has 6 heteroatoms. The van der Waals surface area contributed by atoms with E-state index in [-0.39, 0.29) is 18.6 Å². The highest BCUT2D eigenvalue weighted by molar-refractivity contribution is 7.17. The number of carbonyl (C=O) groups excluding carboxylic acids is 1. The molecule has 112 valence electrons. The number of likely N-dealkylation sites (N-methyl/N-ethyl adjacent to an activating group) is 1. The average Bonchev–Trinajstić information content (AvgIpc) is 2.87. The van der Waals surface area contributed by atoms with Gasteiger partial charge in [0.25, 0.3) is 5.91 Å². The first kappa shape index (κ1) is 15.9. The highest BCUT2D eigenvalue weighted by atomic mass is 35.5. The third-order valence-corrected chi connectivity index (χ3v) is 4.74. The molecule has 1 heterocycles. The Hall–Kier alpha value is -1.43. The molecule has 0 saturated heterocycles. The minimum atomic E-state index is -0.228. The summed E-state index contributed by atoms with van der Waals surface area (Å²) in [6.07, 6.45) is 0. The molecule has 0 aliphatic rings. The van der Waals surface area contributed by atoms with E-state index in [2.05, 4.69) is 4.98 Å². The second kappa shape index (κ2) is 6.56. The van der Waals surface area contributed by atoms with Gasteiger partial charge in [-0.2, -0.15) is 0 Å². The van der Waals surface area contributed by atoms with Crippen LogP contribution in [0.4, 0.5) is 0 Å². The molecule has 0 fully saturated rings. The predicted molar refractivity (Wildman–Crippen MR) is 85.9 cm³/mol. The first-order valence-electron chi connectivity index (χ1n) is 6.55. The van der Waals surface area contributed by atoms with Gasteiger partial charge in [-0.15, -0.1) is 11.3 Å². The van der Waals surface area contributed by atoms with Gasteiger partial charge in [-0.1, -0.05) is 23.7 Å². The van der Waals surface area contributed by atoms with Crippen molar-refractivity contribution in [2.75, 3.05) is 13.7 Å². The topological polar surface area (TPSA) is 53.4 Å². The molecule has 0 spiro atoms. The molecule has 0 radical (unpaired) electrons. The van der Waals surface area contributed by atoms with Gasteiger partial charge in [0.2, 0.25) is 0 Å². The van der Waals surface area contributed by atoms with Crippen LogP contribution in [0.25, 0.3) is 10.6 Å². The Morgan fingerprint density at radius 3 is 2.86 bits per heavy atom. The number of hydrogen-bond acceptors (Lipinski definition) is 4.